The van der Waals surface area contributed by atoms with Crippen LogP contribution in [0.4, 0.5) is 4.79 Å². The Kier molecular flexibility index (Phi) is 5.97. The van der Waals surface area contributed by atoms with E-state index in [0.717, 1.165) is 54.9 Å². The number of hydrogen-bond donors (Lipinski definition) is 1. The Labute approximate surface area is 190 Å². The molecule has 32 heavy (non-hydrogen) atoms. The maximum Gasteiger partial charge on any atom is 0.318 e. The number of benzene rings is 1. The van der Waals surface area contributed by atoms with Crippen LogP contribution in [0.1, 0.15) is 67.8 Å². The molecule has 2 aliphatic heterocycles. The summed E-state index contributed by atoms with van der Waals surface area (Å²) < 4.78 is 1.78. The molecule has 2 aromatic rings. The second-order valence-corrected chi connectivity index (χ2v) is 10.2. The van der Waals surface area contributed by atoms with Gasteiger partial charge in [-0.1, -0.05) is 24.3 Å². The van der Waals surface area contributed by atoms with Gasteiger partial charge in [0, 0.05) is 31.7 Å². The quantitative estimate of drug-likeness (QED) is 0.780. The lowest BCUT2D eigenvalue weighted by atomic mass is 9.97. The maximum absolute atomic E-state index is 13.1. The molecule has 1 aromatic carbocycles. The van der Waals surface area contributed by atoms with Crippen LogP contribution < -0.4 is 5.32 Å². The topological polar surface area (TPSA) is 83.4 Å². The number of aromatic nitrogens is 3. The van der Waals surface area contributed by atoms with Gasteiger partial charge in [0.05, 0.1) is 11.4 Å². The van der Waals surface area contributed by atoms with Crippen LogP contribution in [0, 0.1) is 12.8 Å². The van der Waals surface area contributed by atoms with Gasteiger partial charge in [-0.05, 0) is 70.1 Å². The number of amides is 3. The number of fused-ring (bicyclic) bond motifs is 1. The number of likely N-dealkylation sites (tertiary alicyclic amines) is 1. The standard InChI is InChI=1S/C24H34N6O2/c1-16-9-12-28(13-10-16)22(31)21-17(2)30(27-26-21)20-8-6-7-18-15-29(14-11-19(18)20)23(32)25-24(3,4)5/h6-8,16H,9-15H2,1-5H3,(H,25,32). The summed E-state index contributed by atoms with van der Waals surface area (Å²) in [5.41, 5.74) is 4.12. The van der Waals surface area contributed by atoms with Gasteiger partial charge < -0.3 is 15.1 Å². The first-order valence-electron chi connectivity index (χ1n) is 11.5. The lowest BCUT2D eigenvalue weighted by molar-refractivity contribution is 0.0690. The smallest absolute Gasteiger partial charge is 0.318 e. The third-order valence-corrected chi connectivity index (χ3v) is 6.41. The summed E-state index contributed by atoms with van der Waals surface area (Å²) in [7, 11) is 0. The summed E-state index contributed by atoms with van der Waals surface area (Å²) in [6, 6.07) is 6.01. The second kappa shape index (κ2) is 8.56. The summed E-state index contributed by atoms with van der Waals surface area (Å²) in [5.74, 6) is 0.632. The van der Waals surface area contributed by atoms with E-state index in [9.17, 15) is 9.59 Å². The molecular formula is C24H34N6O2. The molecule has 0 aliphatic carbocycles. The Morgan fingerprint density at radius 3 is 2.50 bits per heavy atom. The lowest BCUT2D eigenvalue weighted by Crippen LogP contribution is -2.49. The lowest BCUT2D eigenvalue weighted by Gasteiger charge is -2.33. The molecule has 3 heterocycles. The summed E-state index contributed by atoms with van der Waals surface area (Å²) in [6.07, 6.45) is 2.80. The van der Waals surface area contributed by atoms with Gasteiger partial charge in [0.2, 0.25) is 0 Å². The van der Waals surface area contributed by atoms with Crippen molar-refractivity contribution < 1.29 is 9.59 Å². The number of nitrogens with one attached hydrogen (secondary N) is 1. The minimum atomic E-state index is -0.271. The van der Waals surface area contributed by atoms with Gasteiger partial charge in [-0.25, -0.2) is 9.48 Å². The Bertz CT molecular complexity index is 1010. The van der Waals surface area contributed by atoms with E-state index < -0.39 is 0 Å². The van der Waals surface area contributed by atoms with Gasteiger partial charge in [0.1, 0.15) is 0 Å². The first-order valence-corrected chi connectivity index (χ1v) is 11.5. The Balaban J connectivity index is 1.56. The molecule has 8 nitrogen and oxygen atoms in total. The van der Waals surface area contributed by atoms with Crippen molar-refractivity contribution in [2.75, 3.05) is 19.6 Å². The number of piperidine rings is 1. The largest absolute Gasteiger partial charge is 0.337 e. The fourth-order valence-electron chi connectivity index (χ4n) is 4.48. The highest BCUT2D eigenvalue weighted by Gasteiger charge is 2.29. The minimum Gasteiger partial charge on any atom is -0.337 e. The van der Waals surface area contributed by atoms with Gasteiger partial charge in [0.15, 0.2) is 5.69 Å². The highest BCUT2D eigenvalue weighted by Crippen LogP contribution is 2.27. The normalized spacial score (nSPS) is 17.3. The van der Waals surface area contributed by atoms with E-state index in [1.807, 2.05) is 49.6 Å². The van der Waals surface area contributed by atoms with E-state index in [1.54, 1.807) is 4.68 Å². The zero-order valence-corrected chi connectivity index (χ0v) is 19.8. The van der Waals surface area contributed by atoms with Crippen LogP contribution >= 0.6 is 0 Å². The van der Waals surface area contributed by atoms with Crippen LogP contribution in [0.2, 0.25) is 0 Å². The molecule has 3 amide bonds. The molecule has 0 unspecified atom stereocenters. The summed E-state index contributed by atoms with van der Waals surface area (Å²) in [5, 5.41) is 11.7. The molecule has 172 valence electrons. The van der Waals surface area contributed by atoms with Crippen molar-refractivity contribution in [3.05, 3.63) is 40.7 Å². The van der Waals surface area contributed by atoms with Crippen molar-refractivity contribution in [3.63, 3.8) is 0 Å². The van der Waals surface area contributed by atoms with Crippen LogP contribution in [0.5, 0.6) is 0 Å². The van der Waals surface area contributed by atoms with Crippen molar-refractivity contribution in [1.29, 1.82) is 0 Å². The molecular weight excluding hydrogens is 404 g/mol. The minimum absolute atomic E-state index is 0.0320. The van der Waals surface area contributed by atoms with Crippen LogP contribution in [0.15, 0.2) is 18.2 Å². The Morgan fingerprint density at radius 1 is 1.09 bits per heavy atom. The van der Waals surface area contributed by atoms with Gasteiger partial charge in [-0.15, -0.1) is 5.10 Å². The number of carbonyl (C=O) groups is 2. The van der Waals surface area contributed by atoms with Crippen LogP contribution in [0.3, 0.4) is 0 Å². The number of carbonyl (C=O) groups excluding carboxylic acids is 2. The fraction of sp³-hybridized carbons (Fsp3) is 0.583. The highest BCUT2D eigenvalue weighted by molar-refractivity contribution is 5.93. The van der Waals surface area contributed by atoms with E-state index in [-0.39, 0.29) is 17.5 Å². The molecule has 1 N–H and O–H groups in total. The average molecular weight is 439 g/mol. The average Bonchev–Trinajstić information content (AvgIpc) is 3.12. The van der Waals surface area contributed by atoms with Gasteiger partial charge in [-0.2, -0.15) is 0 Å². The van der Waals surface area contributed by atoms with Crippen LogP contribution in [0.25, 0.3) is 5.69 Å². The predicted octanol–water partition coefficient (Wildman–Crippen LogP) is 3.31. The van der Waals surface area contributed by atoms with Crippen molar-refractivity contribution in [2.45, 2.75) is 66.0 Å². The molecule has 1 aromatic heterocycles. The van der Waals surface area contributed by atoms with Gasteiger partial charge in [-0.3, -0.25) is 4.79 Å². The number of rotatable bonds is 2. The SMILES string of the molecule is Cc1c(C(=O)N2CCC(C)CC2)nnn1-c1cccc2c1CCN(C(=O)NC(C)(C)C)C2. The monoisotopic (exact) mass is 438 g/mol. The van der Waals surface area contributed by atoms with E-state index in [2.05, 4.69) is 28.6 Å². The predicted molar refractivity (Wildman–Crippen MR) is 123 cm³/mol. The molecule has 1 fully saturated rings. The molecule has 0 spiro atoms. The van der Waals surface area contributed by atoms with Crippen molar-refractivity contribution in [3.8, 4) is 5.69 Å². The summed E-state index contributed by atoms with van der Waals surface area (Å²) in [6.45, 7) is 12.8. The highest BCUT2D eigenvalue weighted by atomic mass is 16.2. The summed E-state index contributed by atoms with van der Waals surface area (Å²) in [4.78, 5) is 29.4. The Morgan fingerprint density at radius 2 is 1.81 bits per heavy atom. The molecule has 1 saturated heterocycles. The first kappa shape index (κ1) is 22.3. The van der Waals surface area contributed by atoms with Gasteiger partial charge in [0.25, 0.3) is 5.91 Å². The van der Waals surface area contributed by atoms with Crippen molar-refractivity contribution >= 4 is 11.9 Å². The van der Waals surface area contributed by atoms with E-state index in [1.165, 1.54) is 0 Å². The number of hydrogen-bond acceptors (Lipinski definition) is 4. The molecule has 4 rings (SSSR count). The van der Waals surface area contributed by atoms with Gasteiger partial charge >= 0.3 is 6.03 Å². The first-order chi connectivity index (χ1) is 15.1. The van der Waals surface area contributed by atoms with Crippen molar-refractivity contribution in [1.82, 2.24) is 30.1 Å². The third-order valence-electron chi connectivity index (χ3n) is 6.41. The van der Waals surface area contributed by atoms with Crippen molar-refractivity contribution in [2.24, 2.45) is 5.92 Å². The second-order valence-electron chi connectivity index (χ2n) is 10.2. The molecule has 0 atom stereocenters. The van der Waals surface area contributed by atoms with E-state index in [4.69, 9.17) is 0 Å². The molecule has 0 radical (unpaired) electrons. The van der Waals surface area contributed by atoms with Crippen LogP contribution in [-0.2, 0) is 13.0 Å². The number of urea groups is 1. The molecule has 2 aliphatic rings. The van der Waals surface area contributed by atoms with E-state index in [0.29, 0.717) is 24.7 Å². The molecule has 8 heteroatoms. The zero-order valence-electron chi connectivity index (χ0n) is 19.8. The van der Waals surface area contributed by atoms with E-state index >= 15 is 0 Å². The summed E-state index contributed by atoms with van der Waals surface area (Å²) >= 11 is 0. The number of nitrogens with zero attached hydrogens (tertiary/aromatic N) is 5. The van der Waals surface area contributed by atoms with Crippen LogP contribution in [-0.4, -0.2) is 61.9 Å². The molecule has 0 saturated carbocycles. The Hall–Kier alpha value is -2.90. The fourth-order valence-corrected chi connectivity index (χ4v) is 4.48. The maximum atomic E-state index is 13.1. The molecule has 0 bridgehead atoms. The third kappa shape index (κ3) is 4.49. The zero-order chi connectivity index (χ0) is 23.0.